The summed E-state index contributed by atoms with van der Waals surface area (Å²) < 4.78 is 0. The molecule has 2 aromatic rings. The third-order valence-corrected chi connectivity index (χ3v) is 3.02. The Morgan fingerprint density at radius 2 is 1.79 bits per heavy atom. The molecular weight excluding hydrogens is 256 g/mol. The highest BCUT2D eigenvalue weighted by Crippen LogP contribution is 2.19. The van der Waals surface area contributed by atoms with Gasteiger partial charge in [-0.25, -0.2) is 4.99 Å². The molecule has 0 N–H and O–H groups in total. The van der Waals surface area contributed by atoms with Gasteiger partial charge in [0.05, 0.1) is 5.69 Å². The van der Waals surface area contributed by atoms with E-state index in [1.54, 1.807) is 0 Å². The Balaban J connectivity index is 2.25. The lowest BCUT2D eigenvalue weighted by molar-refractivity contribution is 0.610. The largest absolute Gasteiger partial charge is 0.366 e. The number of aliphatic imine (C=N–C) groups is 1. The van der Waals surface area contributed by atoms with Crippen LogP contribution < -0.4 is 0 Å². The van der Waals surface area contributed by atoms with Crippen LogP contribution in [0.1, 0.15) is 5.56 Å². The number of halogens is 1. The average molecular weight is 273 g/mol. The van der Waals surface area contributed by atoms with E-state index in [9.17, 15) is 0 Å². The van der Waals surface area contributed by atoms with Crippen LogP contribution in [0.25, 0.3) is 0 Å². The SMILES string of the molecule is CN(C)C(Cc1ccccc1)=Nc1cccc(Cl)c1. The van der Waals surface area contributed by atoms with Gasteiger partial charge >= 0.3 is 0 Å². The summed E-state index contributed by atoms with van der Waals surface area (Å²) in [6.45, 7) is 0. The molecule has 0 unspecified atom stereocenters. The molecule has 98 valence electrons. The van der Waals surface area contributed by atoms with Crippen LogP contribution >= 0.6 is 11.6 Å². The second-order valence-electron chi connectivity index (χ2n) is 4.56. The Morgan fingerprint density at radius 3 is 2.42 bits per heavy atom. The van der Waals surface area contributed by atoms with Crippen LogP contribution in [0.5, 0.6) is 0 Å². The Labute approximate surface area is 119 Å². The van der Waals surface area contributed by atoms with Crippen molar-refractivity contribution in [3.8, 4) is 0 Å². The van der Waals surface area contributed by atoms with Crippen molar-refractivity contribution in [1.29, 1.82) is 0 Å². The van der Waals surface area contributed by atoms with Crippen LogP contribution in [0, 0.1) is 0 Å². The lowest BCUT2D eigenvalue weighted by Gasteiger charge is -2.16. The van der Waals surface area contributed by atoms with Crippen molar-refractivity contribution < 1.29 is 0 Å². The van der Waals surface area contributed by atoms with Crippen molar-refractivity contribution in [3.63, 3.8) is 0 Å². The minimum Gasteiger partial charge on any atom is -0.366 e. The molecule has 0 aliphatic carbocycles. The number of rotatable bonds is 3. The quantitative estimate of drug-likeness (QED) is 0.605. The van der Waals surface area contributed by atoms with Gasteiger partial charge < -0.3 is 4.90 Å². The number of likely N-dealkylation sites (N-methyl/N-ethyl adjacent to an activating group) is 1. The zero-order valence-corrected chi connectivity index (χ0v) is 11.9. The van der Waals surface area contributed by atoms with Gasteiger partial charge in [-0.15, -0.1) is 0 Å². The van der Waals surface area contributed by atoms with Gasteiger partial charge in [0, 0.05) is 25.5 Å². The molecule has 0 aliphatic rings. The van der Waals surface area contributed by atoms with Crippen molar-refractivity contribution in [2.24, 2.45) is 4.99 Å². The third kappa shape index (κ3) is 4.11. The normalized spacial score (nSPS) is 11.4. The molecule has 19 heavy (non-hydrogen) atoms. The van der Waals surface area contributed by atoms with E-state index in [4.69, 9.17) is 11.6 Å². The van der Waals surface area contributed by atoms with Crippen LogP contribution in [0.15, 0.2) is 59.6 Å². The van der Waals surface area contributed by atoms with Gasteiger partial charge in [-0.3, -0.25) is 0 Å². The molecule has 3 heteroatoms. The number of benzene rings is 2. The monoisotopic (exact) mass is 272 g/mol. The molecule has 0 spiro atoms. The second kappa shape index (κ2) is 6.39. The summed E-state index contributed by atoms with van der Waals surface area (Å²) in [6.07, 6.45) is 0.806. The molecule has 0 amide bonds. The van der Waals surface area contributed by atoms with Crippen LogP contribution in [-0.4, -0.2) is 24.8 Å². The molecule has 0 saturated carbocycles. The Morgan fingerprint density at radius 1 is 1.05 bits per heavy atom. The Hall–Kier alpha value is -1.80. The number of hydrogen-bond donors (Lipinski definition) is 0. The summed E-state index contributed by atoms with van der Waals surface area (Å²) >= 11 is 5.99. The molecule has 0 aliphatic heterocycles. The zero-order chi connectivity index (χ0) is 13.7. The topological polar surface area (TPSA) is 15.6 Å². The predicted octanol–water partition coefficient (Wildman–Crippen LogP) is 4.17. The summed E-state index contributed by atoms with van der Waals surface area (Å²) in [5.74, 6) is 1.01. The maximum absolute atomic E-state index is 5.99. The summed E-state index contributed by atoms with van der Waals surface area (Å²) in [6, 6.07) is 17.9. The van der Waals surface area contributed by atoms with E-state index in [0.29, 0.717) is 5.02 Å². The van der Waals surface area contributed by atoms with Gasteiger partial charge in [-0.1, -0.05) is 48.0 Å². The molecule has 2 nitrogen and oxygen atoms in total. The molecule has 2 rings (SSSR count). The van der Waals surface area contributed by atoms with E-state index >= 15 is 0 Å². The van der Waals surface area contributed by atoms with Gasteiger partial charge in [-0.2, -0.15) is 0 Å². The minimum atomic E-state index is 0.707. The molecule has 0 saturated heterocycles. The average Bonchev–Trinajstić information content (AvgIpc) is 2.39. The van der Waals surface area contributed by atoms with Crippen molar-refractivity contribution in [3.05, 3.63) is 65.2 Å². The van der Waals surface area contributed by atoms with E-state index in [1.165, 1.54) is 5.56 Å². The van der Waals surface area contributed by atoms with Crippen molar-refractivity contribution >= 4 is 23.1 Å². The molecule has 0 aromatic heterocycles. The van der Waals surface area contributed by atoms with Crippen molar-refractivity contribution in [1.82, 2.24) is 4.90 Å². The third-order valence-electron chi connectivity index (χ3n) is 2.79. The fourth-order valence-corrected chi connectivity index (χ4v) is 1.96. The van der Waals surface area contributed by atoms with Crippen LogP contribution in [0.3, 0.4) is 0 Å². The minimum absolute atomic E-state index is 0.707. The molecular formula is C16H17ClN2. The Bertz CT molecular complexity index is 562. The van der Waals surface area contributed by atoms with Gasteiger partial charge in [0.1, 0.15) is 5.84 Å². The van der Waals surface area contributed by atoms with E-state index in [0.717, 1.165) is 17.9 Å². The predicted molar refractivity (Wildman–Crippen MR) is 82.4 cm³/mol. The fraction of sp³-hybridized carbons (Fsp3) is 0.188. The summed E-state index contributed by atoms with van der Waals surface area (Å²) in [5.41, 5.74) is 2.13. The van der Waals surface area contributed by atoms with E-state index in [1.807, 2.05) is 61.5 Å². The molecule has 0 bridgehead atoms. The highest BCUT2D eigenvalue weighted by Gasteiger charge is 2.04. The molecule has 0 atom stereocenters. The van der Waals surface area contributed by atoms with Crippen molar-refractivity contribution in [2.75, 3.05) is 14.1 Å². The van der Waals surface area contributed by atoms with E-state index < -0.39 is 0 Å². The van der Waals surface area contributed by atoms with Gasteiger partial charge in [-0.05, 0) is 23.8 Å². The number of nitrogens with zero attached hydrogens (tertiary/aromatic N) is 2. The molecule has 0 heterocycles. The maximum Gasteiger partial charge on any atom is 0.109 e. The van der Waals surface area contributed by atoms with Gasteiger partial charge in [0.25, 0.3) is 0 Å². The van der Waals surface area contributed by atoms with Gasteiger partial charge in [0.15, 0.2) is 0 Å². The number of amidine groups is 1. The summed E-state index contributed by atoms with van der Waals surface area (Å²) in [5, 5.41) is 0.707. The van der Waals surface area contributed by atoms with E-state index in [-0.39, 0.29) is 0 Å². The first-order valence-electron chi connectivity index (χ1n) is 6.19. The van der Waals surface area contributed by atoms with Crippen molar-refractivity contribution in [2.45, 2.75) is 6.42 Å². The number of hydrogen-bond acceptors (Lipinski definition) is 1. The summed E-state index contributed by atoms with van der Waals surface area (Å²) in [7, 11) is 4.01. The fourth-order valence-electron chi connectivity index (χ4n) is 1.77. The standard InChI is InChI=1S/C16H17ClN2/c1-19(2)16(11-13-7-4-3-5-8-13)18-15-10-6-9-14(17)12-15/h3-10,12H,11H2,1-2H3. The van der Waals surface area contributed by atoms with Gasteiger partial charge in [0.2, 0.25) is 0 Å². The van der Waals surface area contributed by atoms with Crippen LogP contribution in [0.2, 0.25) is 5.02 Å². The van der Waals surface area contributed by atoms with Crippen LogP contribution in [0.4, 0.5) is 5.69 Å². The van der Waals surface area contributed by atoms with Crippen LogP contribution in [-0.2, 0) is 6.42 Å². The molecule has 0 radical (unpaired) electrons. The first kappa shape index (κ1) is 13.6. The Kier molecular flexibility index (Phi) is 4.58. The first-order valence-corrected chi connectivity index (χ1v) is 6.57. The second-order valence-corrected chi connectivity index (χ2v) is 5.00. The summed E-state index contributed by atoms with van der Waals surface area (Å²) in [4.78, 5) is 6.71. The molecule has 0 fully saturated rings. The van der Waals surface area contributed by atoms with E-state index in [2.05, 4.69) is 17.1 Å². The maximum atomic E-state index is 5.99. The highest BCUT2D eigenvalue weighted by molar-refractivity contribution is 6.30. The highest BCUT2D eigenvalue weighted by atomic mass is 35.5. The lowest BCUT2D eigenvalue weighted by atomic mass is 10.1. The smallest absolute Gasteiger partial charge is 0.109 e. The lowest BCUT2D eigenvalue weighted by Crippen LogP contribution is -2.23. The first-order chi connectivity index (χ1) is 9.15. The zero-order valence-electron chi connectivity index (χ0n) is 11.2. The molecule has 2 aromatic carbocycles.